The molecule has 0 saturated carbocycles. The lowest BCUT2D eigenvalue weighted by Crippen LogP contribution is -2.47. The molecular weight excluding hydrogens is 387 g/mol. The molecule has 2 saturated heterocycles. The van der Waals surface area contributed by atoms with Crippen molar-refractivity contribution in [3.8, 4) is 0 Å². The van der Waals surface area contributed by atoms with E-state index in [-0.39, 0.29) is 36.8 Å². The molecule has 3 atom stereocenters. The van der Waals surface area contributed by atoms with Crippen LogP contribution in [0.15, 0.2) is 6.20 Å². The first-order chi connectivity index (χ1) is 12.0. The second-order valence-electron chi connectivity index (χ2n) is 8.10. The summed E-state index contributed by atoms with van der Waals surface area (Å²) < 4.78 is 1.86. The minimum absolute atomic E-state index is 0. The highest BCUT2D eigenvalue weighted by Crippen LogP contribution is 2.21. The SMILES string of the molecule is CC1CC(C)CN(CC(C)NC(=O)c2cn(C3CCNCC3)nn2)C1.Cl.Cl. The van der Waals surface area contributed by atoms with Crippen molar-refractivity contribution in [1.82, 2.24) is 30.5 Å². The summed E-state index contributed by atoms with van der Waals surface area (Å²) in [6, 6.07) is 0.457. The maximum absolute atomic E-state index is 12.5. The van der Waals surface area contributed by atoms with Gasteiger partial charge in [-0.05, 0) is 51.1 Å². The molecule has 0 spiro atoms. The molecule has 0 aliphatic carbocycles. The predicted octanol–water partition coefficient (Wildman–Crippen LogP) is 2.14. The molecule has 2 aliphatic rings. The number of hydrogen-bond acceptors (Lipinski definition) is 5. The second kappa shape index (κ2) is 11.2. The molecule has 1 aromatic heterocycles. The monoisotopic (exact) mass is 420 g/mol. The maximum Gasteiger partial charge on any atom is 0.273 e. The Balaban J connectivity index is 0.00000182. The number of amides is 1. The molecule has 0 radical (unpaired) electrons. The van der Waals surface area contributed by atoms with E-state index in [0.29, 0.717) is 11.7 Å². The van der Waals surface area contributed by atoms with Gasteiger partial charge in [-0.2, -0.15) is 0 Å². The lowest BCUT2D eigenvalue weighted by molar-refractivity contribution is 0.0900. The van der Waals surface area contributed by atoms with Gasteiger partial charge in [-0.25, -0.2) is 4.68 Å². The number of nitrogens with zero attached hydrogens (tertiary/aromatic N) is 4. The van der Waals surface area contributed by atoms with E-state index in [1.165, 1.54) is 6.42 Å². The number of carbonyl (C=O) groups excluding carboxylic acids is 1. The van der Waals surface area contributed by atoms with Gasteiger partial charge in [-0.1, -0.05) is 19.1 Å². The van der Waals surface area contributed by atoms with Crippen LogP contribution in [0.25, 0.3) is 0 Å². The van der Waals surface area contributed by atoms with Crippen molar-refractivity contribution < 1.29 is 4.79 Å². The van der Waals surface area contributed by atoms with E-state index in [0.717, 1.165) is 57.4 Å². The van der Waals surface area contributed by atoms with Crippen molar-refractivity contribution in [2.45, 2.75) is 52.1 Å². The highest BCUT2D eigenvalue weighted by molar-refractivity contribution is 5.92. The summed E-state index contributed by atoms with van der Waals surface area (Å²) in [5.41, 5.74) is 0.422. The van der Waals surface area contributed by atoms with Crippen LogP contribution in [0.4, 0.5) is 0 Å². The van der Waals surface area contributed by atoms with Gasteiger partial charge in [0.1, 0.15) is 0 Å². The third kappa shape index (κ3) is 6.89. The molecule has 1 aromatic rings. The van der Waals surface area contributed by atoms with Crippen molar-refractivity contribution in [3.05, 3.63) is 11.9 Å². The average Bonchev–Trinajstić information content (AvgIpc) is 3.04. The van der Waals surface area contributed by atoms with Crippen LogP contribution in [-0.4, -0.2) is 64.6 Å². The summed E-state index contributed by atoms with van der Waals surface area (Å²) in [7, 11) is 0. The van der Waals surface area contributed by atoms with Crippen LogP contribution in [0.2, 0.25) is 0 Å². The van der Waals surface area contributed by atoms with Gasteiger partial charge in [0.25, 0.3) is 5.91 Å². The Hall–Kier alpha value is -0.890. The fourth-order valence-corrected chi connectivity index (χ4v) is 4.30. The molecule has 7 nitrogen and oxygen atoms in total. The Kier molecular flexibility index (Phi) is 10.0. The number of halogens is 2. The molecule has 2 N–H and O–H groups in total. The van der Waals surface area contributed by atoms with Crippen LogP contribution in [0.1, 0.15) is 56.6 Å². The topological polar surface area (TPSA) is 75.1 Å². The van der Waals surface area contributed by atoms with Gasteiger partial charge in [0.2, 0.25) is 0 Å². The Bertz CT molecular complexity index is 568. The molecule has 3 heterocycles. The quantitative estimate of drug-likeness (QED) is 0.762. The first kappa shape index (κ1) is 24.1. The zero-order chi connectivity index (χ0) is 17.8. The van der Waals surface area contributed by atoms with Gasteiger partial charge in [-0.15, -0.1) is 29.9 Å². The van der Waals surface area contributed by atoms with Crippen LogP contribution in [0.5, 0.6) is 0 Å². The first-order valence-corrected chi connectivity index (χ1v) is 9.67. The molecule has 3 rings (SSSR count). The Morgan fingerprint density at radius 1 is 1.26 bits per heavy atom. The molecule has 0 bridgehead atoms. The van der Waals surface area contributed by atoms with E-state index < -0.39 is 0 Å². The zero-order valence-corrected chi connectivity index (χ0v) is 18.2. The number of likely N-dealkylation sites (tertiary alicyclic amines) is 1. The molecule has 3 unspecified atom stereocenters. The lowest BCUT2D eigenvalue weighted by Gasteiger charge is -2.36. The summed E-state index contributed by atoms with van der Waals surface area (Å²) in [5.74, 6) is 1.35. The molecule has 2 aliphatic heterocycles. The van der Waals surface area contributed by atoms with Crippen LogP contribution in [0.3, 0.4) is 0 Å². The summed E-state index contributed by atoms with van der Waals surface area (Å²) in [5, 5.41) is 14.7. The highest BCUT2D eigenvalue weighted by atomic mass is 35.5. The van der Waals surface area contributed by atoms with Gasteiger partial charge in [0, 0.05) is 25.7 Å². The second-order valence-corrected chi connectivity index (χ2v) is 8.10. The molecule has 27 heavy (non-hydrogen) atoms. The minimum Gasteiger partial charge on any atom is -0.347 e. The van der Waals surface area contributed by atoms with E-state index in [2.05, 4.69) is 46.6 Å². The number of hydrogen-bond donors (Lipinski definition) is 2. The van der Waals surface area contributed by atoms with E-state index >= 15 is 0 Å². The highest BCUT2D eigenvalue weighted by Gasteiger charge is 2.24. The smallest absolute Gasteiger partial charge is 0.273 e. The summed E-state index contributed by atoms with van der Waals surface area (Å²) in [6.07, 6.45) is 5.17. The van der Waals surface area contributed by atoms with Crippen LogP contribution in [0, 0.1) is 11.8 Å². The fraction of sp³-hybridized carbons (Fsp3) is 0.833. The fourth-order valence-electron chi connectivity index (χ4n) is 4.30. The zero-order valence-electron chi connectivity index (χ0n) is 16.6. The number of rotatable bonds is 5. The van der Waals surface area contributed by atoms with E-state index in [4.69, 9.17) is 0 Å². The van der Waals surface area contributed by atoms with Crippen molar-refractivity contribution >= 4 is 30.7 Å². The largest absolute Gasteiger partial charge is 0.347 e. The Morgan fingerprint density at radius 3 is 2.52 bits per heavy atom. The van der Waals surface area contributed by atoms with Crippen molar-refractivity contribution in [3.63, 3.8) is 0 Å². The molecule has 2 fully saturated rings. The molecule has 0 aromatic carbocycles. The summed E-state index contributed by atoms with van der Waals surface area (Å²) in [6.45, 7) is 11.8. The van der Waals surface area contributed by atoms with Gasteiger partial charge < -0.3 is 15.5 Å². The van der Waals surface area contributed by atoms with Gasteiger partial charge in [0.05, 0.1) is 12.2 Å². The number of carbonyl (C=O) groups is 1. The van der Waals surface area contributed by atoms with Gasteiger partial charge in [0.15, 0.2) is 5.69 Å². The minimum atomic E-state index is -0.120. The normalized spacial score (nSPS) is 25.1. The Labute approximate surface area is 174 Å². The summed E-state index contributed by atoms with van der Waals surface area (Å²) in [4.78, 5) is 14.9. The molecular formula is C18H34Cl2N6O. The average molecular weight is 421 g/mol. The van der Waals surface area contributed by atoms with E-state index in [1.54, 1.807) is 6.20 Å². The first-order valence-electron chi connectivity index (χ1n) is 9.67. The van der Waals surface area contributed by atoms with Crippen molar-refractivity contribution in [1.29, 1.82) is 0 Å². The molecule has 9 heteroatoms. The molecule has 156 valence electrons. The summed E-state index contributed by atoms with van der Waals surface area (Å²) >= 11 is 0. The standard InChI is InChI=1S/C18H32N6O.2ClH/c1-13-8-14(2)10-23(9-13)11-15(3)20-18(25)17-12-24(22-21-17)16-4-6-19-7-5-16;;/h12-16,19H,4-11H2,1-3H3,(H,20,25);2*1H. The van der Waals surface area contributed by atoms with Crippen molar-refractivity contribution in [2.75, 3.05) is 32.7 Å². The van der Waals surface area contributed by atoms with Gasteiger partial charge in [-0.3, -0.25) is 4.79 Å². The van der Waals surface area contributed by atoms with Gasteiger partial charge >= 0.3 is 0 Å². The van der Waals surface area contributed by atoms with E-state index in [9.17, 15) is 4.79 Å². The Morgan fingerprint density at radius 2 is 1.89 bits per heavy atom. The number of piperidine rings is 2. The number of nitrogens with one attached hydrogen (secondary N) is 2. The van der Waals surface area contributed by atoms with Crippen LogP contribution >= 0.6 is 24.8 Å². The maximum atomic E-state index is 12.5. The number of aromatic nitrogens is 3. The van der Waals surface area contributed by atoms with E-state index in [1.807, 2.05) is 4.68 Å². The third-order valence-corrected chi connectivity index (χ3v) is 5.28. The van der Waals surface area contributed by atoms with Crippen molar-refractivity contribution in [2.24, 2.45) is 11.8 Å². The molecule has 1 amide bonds. The third-order valence-electron chi connectivity index (χ3n) is 5.28. The lowest BCUT2D eigenvalue weighted by atomic mass is 9.92. The predicted molar refractivity (Wildman–Crippen MR) is 112 cm³/mol. The van der Waals surface area contributed by atoms with Crippen LogP contribution in [-0.2, 0) is 0 Å². The van der Waals surface area contributed by atoms with Crippen LogP contribution < -0.4 is 10.6 Å².